The molecule has 1 aromatic heterocycles. The van der Waals surface area contributed by atoms with E-state index in [0.29, 0.717) is 12.3 Å². The molecule has 0 saturated heterocycles. The fourth-order valence-electron chi connectivity index (χ4n) is 4.86. The summed E-state index contributed by atoms with van der Waals surface area (Å²) in [7, 11) is 1.73. The predicted molar refractivity (Wildman–Crippen MR) is 134 cm³/mol. The first-order chi connectivity index (χ1) is 16.8. The van der Waals surface area contributed by atoms with Crippen molar-refractivity contribution in [3.05, 3.63) is 95.9 Å². The number of hydrogen-bond donors (Lipinski definition) is 2. The average Bonchev–Trinajstić information content (AvgIpc) is 3.52. The standard InChI is InChI=1S/C29H30N2O3/c1-33-26-16-8-14-22-23(26)17-18-24(22)30-25(15-9-19-32)29-31-27(20-10-4-2-5-11-20)28(34-29)21-12-6-3-7-13-21/h2-8,10-14,16,24-25,30,32H,9,15,17-19H2,1H3. The van der Waals surface area contributed by atoms with Crippen molar-refractivity contribution in [2.75, 3.05) is 13.7 Å². The normalized spacial score (nSPS) is 15.8. The van der Waals surface area contributed by atoms with Crippen molar-refractivity contribution in [2.45, 2.75) is 37.8 Å². The van der Waals surface area contributed by atoms with Gasteiger partial charge in [0.15, 0.2) is 5.76 Å². The number of nitrogens with zero attached hydrogens (tertiary/aromatic N) is 1. The number of methoxy groups -OCH3 is 1. The van der Waals surface area contributed by atoms with Gasteiger partial charge in [0.2, 0.25) is 5.89 Å². The molecule has 0 bridgehead atoms. The third kappa shape index (κ3) is 4.49. The van der Waals surface area contributed by atoms with Crippen LogP contribution in [-0.2, 0) is 6.42 Å². The van der Waals surface area contributed by atoms with E-state index in [4.69, 9.17) is 14.1 Å². The van der Waals surface area contributed by atoms with Crippen LogP contribution >= 0.6 is 0 Å². The molecule has 2 N–H and O–H groups in total. The highest BCUT2D eigenvalue weighted by Crippen LogP contribution is 2.40. The smallest absolute Gasteiger partial charge is 0.212 e. The Morgan fingerprint density at radius 3 is 2.44 bits per heavy atom. The molecular formula is C29H30N2O3. The molecule has 2 atom stereocenters. The minimum Gasteiger partial charge on any atom is -0.496 e. The van der Waals surface area contributed by atoms with Gasteiger partial charge in [0, 0.05) is 23.8 Å². The number of nitrogens with one attached hydrogen (secondary N) is 1. The van der Waals surface area contributed by atoms with Crippen molar-refractivity contribution in [3.63, 3.8) is 0 Å². The van der Waals surface area contributed by atoms with Gasteiger partial charge < -0.3 is 14.3 Å². The van der Waals surface area contributed by atoms with Gasteiger partial charge in [0.25, 0.3) is 0 Å². The molecule has 0 aliphatic heterocycles. The first-order valence-electron chi connectivity index (χ1n) is 11.9. The van der Waals surface area contributed by atoms with Crippen LogP contribution in [0.15, 0.2) is 83.3 Å². The van der Waals surface area contributed by atoms with E-state index in [1.54, 1.807) is 7.11 Å². The summed E-state index contributed by atoms with van der Waals surface area (Å²) in [6.45, 7) is 0.130. The third-order valence-electron chi connectivity index (χ3n) is 6.53. The molecule has 4 aromatic rings. The summed E-state index contributed by atoms with van der Waals surface area (Å²) < 4.78 is 12.1. The van der Waals surface area contributed by atoms with Crippen molar-refractivity contribution in [3.8, 4) is 28.3 Å². The number of oxazole rings is 1. The molecule has 0 spiro atoms. The quantitative estimate of drug-likeness (QED) is 0.319. The Hall–Kier alpha value is -3.41. The van der Waals surface area contributed by atoms with E-state index < -0.39 is 0 Å². The maximum Gasteiger partial charge on any atom is 0.212 e. The molecule has 1 aliphatic carbocycles. The van der Waals surface area contributed by atoms with E-state index in [1.807, 2.05) is 60.7 Å². The van der Waals surface area contributed by atoms with E-state index >= 15 is 0 Å². The lowest BCUT2D eigenvalue weighted by molar-refractivity contribution is 0.262. The number of fused-ring (bicyclic) bond motifs is 1. The third-order valence-corrected chi connectivity index (χ3v) is 6.53. The second kappa shape index (κ2) is 10.2. The van der Waals surface area contributed by atoms with Crippen LogP contribution in [0.2, 0.25) is 0 Å². The molecule has 0 fully saturated rings. The van der Waals surface area contributed by atoms with Gasteiger partial charge in [-0.2, -0.15) is 0 Å². The van der Waals surface area contributed by atoms with E-state index in [0.717, 1.165) is 47.6 Å². The van der Waals surface area contributed by atoms with Gasteiger partial charge in [0.1, 0.15) is 11.4 Å². The summed E-state index contributed by atoms with van der Waals surface area (Å²) in [6, 6.07) is 26.6. The number of aromatic nitrogens is 1. The maximum atomic E-state index is 9.57. The molecule has 1 heterocycles. The van der Waals surface area contributed by atoms with Gasteiger partial charge in [-0.3, -0.25) is 5.32 Å². The Labute approximate surface area is 200 Å². The molecule has 34 heavy (non-hydrogen) atoms. The highest BCUT2D eigenvalue weighted by molar-refractivity contribution is 5.76. The lowest BCUT2D eigenvalue weighted by atomic mass is 10.0. The zero-order valence-corrected chi connectivity index (χ0v) is 19.4. The van der Waals surface area contributed by atoms with Crippen molar-refractivity contribution in [1.82, 2.24) is 10.3 Å². The number of rotatable bonds is 9. The molecule has 174 valence electrons. The highest BCUT2D eigenvalue weighted by Gasteiger charge is 2.30. The summed E-state index contributed by atoms with van der Waals surface area (Å²) in [4.78, 5) is 5.01. The first-order valence-corrected chi connectivity index (χ1v) is 11.9. The van der Waals surface area contributed by atoms with E-state index in [9.17, 15) is 5.11 Å². The van der Waals surface area contributed by atoms with Crippen LogP contribution in [0, 0.1) is 0 Å². The average molecular weight is 455 g/mol. The molecule has 5 nitrogen and oxygen atoms in total. The van der Waals surface area contributed by atoms with Crippen LogP contribution in [0.25, 0.3) is 22.6 Å². The topological polar surface area (TPSA) is 67.5 Å². The Balaban J connectivity index is 1.52. The molecule has 5 heteroatoms. The van der Waals surface area contributed by atoms with Crippen LogP contribution in [0.3, 0.4) is 0 Å². The molecule has 2 unspecified atom stereocenters. The lowest BCUT2D eigenvalue weighted by Gasteiger charge is -2.21. The number of ether oxygens (including phenoxy) is 1. The molecule has 3 aromatic carbocycles. The first kappa shape index (κ1) is 22.4. The van der Waals surface area contributed by atoms with Crippen molar-refractivity contribution in [1.29, 1.82) is 0 Å². The van der Waals surface area contributed by atoms with Gasteiger partial charge in [-0.25, -0.2) is 4.98 Å². The molecule has 0 amide bonds. The monoisotopic (exact) mass is 454 g/mol. The summed E-state index contributed by atoms with van der Waals surface area (Å²) in [6.07, 6.45) is 3.36. The largest absolute Gasteiger partial charge is 0.496 e. The lowest BCUT2D eigenvalue weighted by Crippen LogP contribution is -2.26. The molecule has 5 rings (SSSR count). The summed E-state index contributed by atoms with van der Waals surface area (Å²) in [5.74, 6) is 2.37. The van der Waals surface area contributed by atoms with Crippen LogP contribution in [0.4, 0.5) is 0 Å². The van der Waals surface area contributed by atoms with Gasteiger partial charge >= 0.3 is 0 Å². The van der Waals surface area contributed by atoms with Gasteiger partial charge in [-0.15, -0.1) is 0 Å². The van der Waals surface area contributed by atoms with Crippen LogP contribution < -0.4 is 10.1 Å². The number of aliphatic hydroxyl groups excluding tert-OH is 1. The maximum absolute atomic E-state index is 9.57. The van der Waals surface area contributed by atoms with Gasteiger partial charge in [-0.1, -0.05) is 72.8 Å². The number of hydrogen-bond acceptors (Lipinski definition) is 5. The molecular weight excluding hydrogens is 424 g/mol. The zero-order valence-electron chi connectivity index (χ0n) is 19.4. The highest BCUT2D eigenvalue weighted by atomic mass is 16.5. The Morgan fingerprint density at radius 2 is 1.74 bits per heavy atom. The SMILES string of the molecule is COc1cccc2c1CCC2NC(CCCO)c1nc(-c2ccccc2)c(-c2ccccc2)o1. The van der Waals surface area contributed by atoms with Crippen molar-refractivity contribution < 1.29 is 14.3 Å². The molecule has 1 aliphatic rings. The van der Waals surface area contributed by atoms with Crippen molar-refractivity contribution in [2.24, 2.45) is 0 Å². The Morgan fingerprint density at radius 1 is 1.00 bits per heavy atom. The molecule has 0 radical (unpaired) electrons. The van der Waals surface area contributed by atoms with E-state index in [1.165, 1.54) is 11.1 Å². The van der Waals surface area contributed by atoms with Gasteiger partial charge in [0.05, 0.1) is 13.2 Å². The predicted octanol–water partition coefficient (Wildman–Crippen LogP) is 6.11. The van der Waals surface area contributed by atoms with Crippen molar-refractivity contribution >= 4 is 0 Å². The van der Waals surface area contributed by atoms with E-state index in [2.05, 4.69) is 23.5 Å². The second-order valence-electron chi connectivity index (χ2n) is 8.67. The number of aliphatic hydroxyl groups is 1. The van der Waals surface area contributed by atoms with Crippen LogP contribution in [-0.4, -0.2) is 23.8 Å². The minimum atomic E-state index is -0.116. The number of benzene rings is 3. The fourth-order valence-corrected chi connectivity index (χ4v) is 4.86. The second-order valence-corrected chi connectivity index (χ2v) is 8.67. The van der Waals surface area contributed by atoms with Gasteiger partial charge in [-0.05, 0) is 42.9 Å². The summed E-state index contributed by atoms with van der Waals surface area (Å²) >= 11 is 0. The zero-order chi connectivity index (χ0) is 23.3. The van der Waals surface area contributed by atoms with Crippen LogP contribution in [0.1, 0.15) is 48.4 Å². The Bertz CT molecular complexity index is 1160. The fraction of sp³-hybridized carbons (Fsp3) is 0.276. The van der Waals surface area contributed by atoms with Crippen LogP contribution in [0.5, 0.6) is 5.75 Å². The summed E-state index contributed by atoms with van der Waals surface area (Å²) in [5, 5.41) is 13.4. The summed E-state index contributed by atoms with van der Waals surface area (Å²) in [5.41, 5.74) is 5.40. The minimum absolute atomic E-state index is 0.116. The molecule has 0 saturated carbocycles. The van der Waals surface area contributed by atoms with E-state index in [-0.39, 0.29) is 18.7 Å². The Kier molecular flexibility index (Phi) is 6.74.